The molecule has 0 saturated carbocycles. The van der Waals surface area contributed by atoms with Crippen LogP contribution in [-0.4, -0.2) is 21.7 Å². The van der Waals surface area contributed by atoms with E-state index < -0.39 is 0 Å². The standard InChI is InChI=1S/C18H12BrN3O2S2/c1-24-14-6-4-12(19)9-11(14)10-15-17(23)22-18(26-15)20-16(21-22)7-5-13-3-2-8-25-13/h2-10H,1H3/b7-5+,15-10+. The largest absolute Gasteiger partial charge is 0.496 e. The topological polar surface area (TPSA) is 56.5 Å². The van der Waals surface area contributed by atoms with E-state index in [1.54, 1.807) is 24.5 Å². The lowest BCUT2D eigenvalue weighted by atomic mass is 10.2. The number of ether oxygens (including phenoxy) is 1. The molecule has 26 heavy (non-hydrogen) atoms. The zero-order valence-electron chi connectivity index (χ0n) is 13.5. The first-order chi connectivity index (χ1) is 12.6. The van der Waals surface area contributed by atoms with Crippen LogP contribution in [-0.2, 0) is 0 Å². The van der Waals surface area contributed by atoms with Gasteiger partial charge in [0, 0.05) is 14.9 Å². The minimum absolute atomic E-state index is 0.185. The van der Waals surface area contributed by atoms with E-state index in [-0.39, 0.29) is 5.56 Å². The molecule has 0 unspecified atom stereocenters. The second-order valence-corrected chi connectivity index (χ2v) is 8.22. The van der Waals surface area contributed by atoms with Crippen LogP contribution in [0.5, 0.6) is 5.75 Å². The Labute approximate surface area is 165 Å². The number of benzene rings is 1. The summed E-state index contributed by atoms with van der Waals surface area (Å²) in [6.07, 6.45) is 5.55. The first-order valence-corrected chi connectivity index (χ1v) is 10.1. The van der Waals surface area contributed by atoms with Crippen LogP contribution in [0.1, 0.15) is 16.3 Å². The molecular formula is C18H12BrN3O2S2. The predicted octanol–water partition coefficient (Wildman–Crippen LogP) is 3.70. The average Bonchev–Trinajstić information content (AvgIpc) is 3.33. The van der Waals surface area contributed by atoms with E-state index in [1.807, 2.05) is 47.9 Å². The molecule has 8 heteroatoms. The highest BCUT2D eigenvalue weighted by atomic mass is 79.9. The summed E-state index contributed by atoms with van der Waals surface area (Å²) in [6.45, 7) is 0. The highest BCUT2D eigenvalue weighted by Crippen LogP contribution is 2.23. The Bertz CT molecular complexity index is 1210. The summed E-state index contributed by atoms with van der Waals surface area (Å²) in [7, 11) is 1.60. The number of thiazole rings is 1. The summed E-state index contributed by atoms with van der Waals surface area (Å²) in [5, 5.41) is 6.30. The zero-order chi connectivity index (χ0) is 18.1. The molecule has 0 bridgehead atoms. The summed E-state index contributed by atoms with van der Waals surface area (Å²) in [5.41, 5.74) is 0.636. The fourth-order valence-electron chi connectivity index (χ4n) is 2.42. The first kappa shape index (κ1) is 17.1. The zero-order valence-corrected chi connectivity index (χ0v) is 16.8. The van der Waals surface area contributed by atoms with Gasteiger partial charge >= 0.3 is 0 Å². The molecule has 0 spiro atoms. The lowest BCUT2D eigenvalue weighted by Crippen LogP contribution is -2.23. The van der Waals surface area contributed by atoms with Gasteiger partial charge in [-0.1, -0.05) is 33.3 Å². The van der Waals surface area contributed by atoms with Crippen molar-refractivity contribution in [1.82, 2.24) is 14.6 Å². The molecule has 5 nitrogen and oxygen atoms in total. The number of hydrogen-bond acceptors (Lipinski definition) is 6. The Kier molecular flexibility index (Phi) is 4.71. The van der Waals surface area contributed by atoms with Crippen LogP contribution in [0.2, 0.25) is 0 Å². The molecule has 0 amide bonds. The second-order valence-electron chi connectivity index (χ2n) is 5.32. The minimum atomic E-state index is -0.185. The van der Waals surface area contributed by atoms with Gasteiger partial charge in [-0.25, -0.2) is 0 Å². The van der Waals surface area contributed by atoms with E-state index in [1.165, 1.54) is 15.9 Å². The SMILES string of the molecule is COc1ccc(Br)cc1/C=c1/sc2nc(/C=C/c3cccs3)nn2c1=O. The van der Waals surface area contributed by atoms with E-state index in [0.29, 0.717) is 21.1 Å². The number of rotatable bonds is 4. The molecule has 0 radical (unpaired) electrons. The van der Waals surface area contributed by atoms with Crippen molar-refractivity contribution in [1.29, 1.82) is 0 Å². The summed E-state index contributed by atoms with van der Waals surface area (Å²) < 4.78 is 8.18. The molecule has 0 aliphatic rings. The number of hydrogen-bond donors (Lipinski definition) is 0. The van der Waals surface area contributed by atoms with Gasteiger partial charge in [0.15, 0.2) is 5.82 Å². The highest BCUT2D eigenvalue weighted by molar-refractivity contribution is 9.10. The van der Waals surface area contributed by atoms with Crippen molar-refractivity contribution in [3.8, 4) is 5.75 Å². The summed E-state index contributed by atoms with van der Waals surface area (Å²) >= 11 is 6.38. The van der Waals surface area contributed by atoms with Crippen molar-refractivity contribution in [3.63, 3.8) is 0 Å². The molecule has 3 aromatic heterocycles. The van der Waals surface area contributed by atoms with Crippen molar-refractivity contribution in [3.05, 3.63) is 71.3 Å². The van der Waals surface area contributed by atoms with Gasteiger partial charge in [-0.2, -0.15) is 9.50 Å². The number of methoxy groups -OCH3 is 1. The fraction of sp³-hybridized carbons (Fsp3) is 0.0556. The van der Waals surface area contributed by atoms with Crippen molar-refractivity contribution in [2.24, 2.45) is 0 Å². The van der Waals surface area contributed by atoms with E-state index in [4.69, 9.17) is 4.74 Å². The Balaban J connectivity index is 1.74. The van der Waals surface area contributed by atoms with Gasteiger partial charge in [-0.3, -0.25) is 4.79 Å². The predicted molar refractivity (Wildman–Crippen MR) is 110 cm³/mol. The third kappa shape index (κ3) is 3.35. The lowest BCUT2D eigenvalue weighted by molar-refractivity contribution is 0.414. The molecule has 4 rings (SSSR count). The van der Waals surface area contributed by atoms with Gasteiger partial charge in [0.25, 0.3) is 5.56 Å². The molecule has 3 heterocycles. The van der Waals surface area contributed by atoms with Gasteiger partial charge in [0.2, 0.25) is 4.96 Å². The van der Waals surface area contributed by atoms with Crippen molar-refractivity contribution in [2.45, 2.75) is 0 Å². The molecule has 0 aliphatic carbocycles. The van der Waals surface area contributed by atoms with E-state index in [9.17, 15) is 4.79 Å². The minimum Gasteiger partial charge on any atom is -0.496 e. The maximum Gasteiger partial charge on any atom is 0.291 e. The van der Waals surface area contributed by atoms with Crippen LogP contribution in [0, 0.1) is 0 Å². The van der Waals surface area contributed by atoms with E-state index >= 15 is 0 Å². The highest BCUT2D eigenvalue weighted by Gasteiger charge is 2.10. The molecule has 1 aromatic carbocycles. The van der Waals surface area contributed by atoms with Crippen LogP contribution >= 0.6 is 38.6 Å². The monoisotopic (exact) mass is 445 g/mol. The fourth-order valence-corrected chi connectivity index (χ4v) is 4.32. The molecular weight excluding hydrogens is 434 g/mol. The third-order valence-electron chi connectivity index (χ3n) is 3.62. The van der Waals surface area contributed by atoms with E-state index in [2.05, 4.69) is 26.0 Å². The third-order valence-corrected chi connectivity index (χ3v) is 5.91. The van der Waals surface area contributed by atoms with Crippen LogP contribution in [0.25, 0.3) is 23.2 Å². The quantitative estimate of drug-likeness (QED) is 0.480. The van der Waals surface area contributed by atoms with Crippen LogP contribution < -0.4 is 14.8 Å². The van der Waals surface area contributed by atoms with Crippen molar-refractivity contribution in [2.75, 3.05) is 7.11 Å². The lowest BCUT2D eigenvalue weighted by Gasteiger charge is -2.04. The van der Waals surface area contributed by atoms with Gasteiger partial charge in [0.05, 0.1) is 11.6 Å². The van der Waals surface area contributed by atoms with E-state index in [0.717, 1.165) is 14.9 Å². The molecule has 0 aliphatic heterocycles. The average molecular weight is 446 g/mol. The summed E-state index contributed by atoms with van der Waals surface area (Å²) in [6, 6.07) is 9.64. The van der Waals surface area contributed by atoms with Gasteiger partial charge in [-0.15, -0.1) is 16.4 Å². The Morgan fingerprint density at radius 1 is 1.27 bits per heavy atom. The van der Waals surface area contributed by atoms with Crippen molar-refractivity contribution >= 4 is 61.8 Å². The van der Waals surface area contributed by atoms with Crippen LogP contribution in [0.4, 0.5) is 0 Å². The van der Waals surface area contributed by atoms with Gasteiger partial charge in [-0.05, 0) is 47.9 Å². The Hall–Kier alpha value is -2.29. The summed E-state index contributed by atoms with van der Waals surface area (Å²) in [5.74, 6) is 1.22. The number of fused-ring (bicyclic) bond motifs is 1. The molecule has 0 fully saturated rings. The molecule has 130 valence electrons. The molecule has 0 atom stereocenters. The molecule has 0 saturated heterocycles. The Morgan fingerprint density at radius 2 is 2.15 bits per heavy atom. The summed E-state index contributed by atoms with van der Waals surface area (Å²) in [4.78, 5) is 18.7. The van der Waals surface area contributed by atoms with Crippen LogP contribution in [0.3, 0.4) is 0 Å². The van der Waals surface area contributed by atoms with Crippen LogP contribution in [0.15, 0.2) is 45.0 Å². The second kappa shape index (κ2) is 7.14. The first-order valence-electron chi connectivity index (χ1n) is 7.60. The molecule has 0 N–H and O–H groups in total. The van der Waals surface area contributed by atoms with Gasteiger partial charge in [0.1, 0.15) is 5.75 Å². The number of halogens is 1. The maximum atomic E-state index is 12.6. The number of aromatic nitrogens is 3. The Morgan fingerprint density at radius 3 is 2.88 bits per heavy atom. The molecule has 4 aromatic rings. The van der Waals surface area contributed by atoms with Gasteiger partial charge < -0.3 is 4.74 Å². The number of nitrogens with zero attached hydrogens (tertiary/aromatic N) is 3. The smallest absolute Gasteiger partial charge is 0.291 e. The number of thiophene rings is 1. The maximum absolute atomic E-state index is 12.6. The van der Waals surface area contributed by atoms with Crippen molar-refractivity contribution < 1.29 is 4.74 Å². The normalized spacial score (nSPS) is 12.5.